The first-order valence-corrected chi connectivity index (χ1v) is 4.48. The summed E-state index contributed by atoms with van der Waals surface area (Å²) in [5.41, 5.74) is 1.64. The number of aromatic nitrogens is 1. The van der Waals surface area contributed by atoms with Crippen molar-refractivity contribution in [1.29, 1.82) is 0 Å². The molecule has 0 saturated heterocycles. The highest BCUT2D eigenvalue weighted by Gasteiger charge is 2.06. The molecule has 0 bridgehead atoms. The largest absolute Gasteiger partial charge is 0.447 e. The van der Waals surface area contributed by atoms with Crippen molar-refractivity contribution >= 4 is 11.8 Å². The van der Waals surface area contributed by atoms with Gasteiger partial charge in [0, 0.05) is 6.20 Å². The molecule has 0 saturated carbocycles. The number of carbonyl (C=O) groups is 1. The van der Waals surface area contributed by atoms with Gasteiger partial charge in [0.1, 0.15) is 0 Å². The van der Waals surface area contributed by atoms with E-state index in [1.54, 1.807) is 26.2 Å². The minimum absolute atomic E-state index is 0.119. The molecule has 0 aliphatic heterocycles. The van der Waals surface area contributed by atoms with Crippen LogP contribution in [0.2, 0.25) is 0 Å². The number of ether oxygens (including phenoxy) is 1. The summed E-state index contributed by atoms with van der Waals surface area (Å²) >= 11 is 0. The molecular formula is C10H14N2O2. The van der Waals surface area contributed by atoms with Gasteiger partial charge in [0.25, 0.3) is 0 Å². The molecule has 1 amide bonds. The predicted octanol–water partition coefficient (Wildman–Crippen LogP) is 2.35. The minimum Gasteiger partial charge on any atom is -0.447 e. The number of carbonyl (C=O) groups excluding carboxylic acids is 1. The van der Waals surface area contributed by atoms with Gasteiger partial charge < -0.3 is 4.74 Å². The molecule has 0 aromatic carbocycles. The predicted molar refractivity (Wildman–Crippen MR) is 54.2 cm³/mol. The van der Waals surface area contributed by atoms with Crippen molar-refractivity contribution in [2.45, 2.75) is 26.9 Å². The van der Waals surface area contributed by atoms with Crippen molar-refractivity contribution in [3.05, 3.63) is 24.0 Å². The van der Waals surface area contributed by atoms with E-state index in [1.165, 1.54) is 0 Å². The van der Waals surface area contributed by atoms with Gasteiger partial charge in [-0.25, -0.2) is 4.79 Å². The summed E-state index contributed by atoms with van der Waals surface area (Å²) in [7, 11) is 0. The Morgan fingerprint density at radius 3 is 2.86 bits per heavy atom. The van der Waals surface area contributed by atoms with Crippen LogP contribution < -0.4 is 5.32 Å². The van der Waals surface area contributed by atoms with Crippen LogP contribution in [0.3, 0.4) is 0 Å². The lowest BCUT2D eigenvalue weighted by molar-refractivity contribution is 0.130. The Labute approximate surface area is 83.3 Å². The monoisotopic (exact) mass is 194 g/mol. The van der Waals surface area contributed by atoms with Crippen LogP contribution in [0.25, 0.3) is 0 Å². The molecule has 0 aliphatic rings. The molecule has 76 valence electrons. The third-order valence-corrected chi connectivity index (χ3v) is 1.62. The zero-order valence-electron chi connectivity index (χ0n) is 8.57. The molecule has 4 heteroatoms. The summed E-state index contributed by atoms with van der Waals surface area (Å²) in [6, 6.07) is 1.82. The third kappa shape index (κ3) is 3.05. The van der Waals surface area contributed by atoms with E-state index in [1.807, 2.05) is 13.0 Å². The van der Waals surface area contributed by atoms with Crippen molar-refractivity contribution in [3.8, 4) is 0 Å². The number of hydrogen-bond donors (Lipinski definition) is 1. The van der Waals surface area contributed by atoms with Crippen LogP contribution in [0, 0.1) is 6.92 Å². The Morgan fingerprint density at radius 2 is 2.29 bits per heavy atom. The van der Waals surface area contributed by atoms with Crippen LogP contribution in [0.4, 0.5) is 10.5 Å². The van der Waals surface area contributed by atoms with Gasteiger partial charge >= 0.3 is 6.09 Å². The van der Waals surface area contributed by atoms with E-state index in [9.17, 15) is 4.79 Å². The molecule has 0 atom stereocenters. The molecule has 14 heavy (non-hydrogen) atoms. The van der Waals surface area contributed by atoms with Crippen LogP contribution >= 0.6 is 0 Å². The number of rotatable bonds is 2. The number of pyridine rings is 1. The van der Waals surface area contributed by atoms with Gasteiger partial charge in [0.15, 0.2) is 0 Å². The van der Waals surface area contributed by atoms with Gasteiger partial charge in [0.05, 0.1) is 18.0 Å². The zero-order valence-corrected chi connectivity index (χ0v) is 8.57. The number of hydrogen-bond acceptors (Lipinski definition) is 3. The lowest BCUT2D eigenvalue weighted by Crippen LogP contribution is -2.18. The van der Waals surface area contributed by atoms with Gasteiger partial charge in [-0.2, -0.15) is 0 Å². The summed E-state index contributed by atoms with van der Waals surface area (Å²) in [4.78, 5) is 15.1. The van der Waals surface area contributed by atoms with Gasteiger partial charge in [0.2, 0.25) is 0 Å². The molecule has 0 spiro atoms. The second-order valence-corrected chi connectivity index (χ2v) is 3.27. The van der Waals surface area contributed by atoms with E-state index in [0.29, 0.717) is 5.69 Å². The van der Waals surface area contributed by atoms with Crippen molar-refractivity contribution < 1.29 is 9.53 Å². The van der Waals surface area contributed by atoms with Crippen molar-refractivity contribution in [2.24, 2.45) is 0 Å². The fourth-order valence-electron chi connectivity index (χ4n) is 0.948. The molecule has 0 unspecified atom stereocenters. The normalized spacial score (nSPS) is 10.0. The maximum atomic E-state index is 11.2. The summed E-state index contributed by atoms with van der Waals surface area (Å²) in [6.07, 6.45) is 2.70. The van der Waals surface area contributed by atoms with Gasteiger partial charge in [-0.05, 0) is 32.4 Å². The molecule has 0 aliphatic carbocycles. The zero-order chi connectivity index (χ0) is 10.6. The van der Waals surface area contributed by atoms with E-state index < -0.39 is 6.09 Å². The molecule has 1 rings (SSSR count). The number of amides is 1. The molecule has 4 nitrogen and oxygen atoms in total. The smallest absolute Gasteiger partial charge is 0.411 e. The third-order valence-electron chi connectivity index (χ3n) is 1.62. The van der Waals surface area contributed by atoms with Crippen LogP contribution in [0.15, 0.2) is 18.5 Å². The van der Waals surface area contributed by atoms with E-state index >= 15 is 0 Å². The van der Waals surface area contributed by atoms with Crippen molar-refractivity contribution in [3.63, 3.8) is 0 Å². The Bertz CT molecular complexity index is 324. The first-order chi connectivity index (χ1) is 6.59. The maximum Gasteiger partial charge on any atom is 0.411 e. The van der Waals surface area contributed by atoms with Crippen molar-refractivity contribution in [1.82, 2.24) is 4.98 Å². The Morgan fingerprint density at radius 1 is 1.57 bits per heavy atom. The highest BCUT2D eigenvalue weighted by molar-refractivity contribution is 5.85. The maximum absolute atomic E-state index is 11.2. The summed E-state index contributed by atoms with van der Waals surface area (Å²) < 4.78 is 4.93. The Balaban J connectivity index is 2.61. The first kappa shape index (κ1) is 10.5. The number of anilines is 1. The summed E-state index contributed by atoms with van der Waals surface area (Å²) in [5, 5.41) is 2.62. The van der Waals surface area contributed by atoms with Crippen LogP contribution in [-0.4, -0.2) is 17.2 Å². The minimum atomic E-state index is -0.448. The molecule has 1 aromatic rings. The standard InChI is InChI=1S/C10H14N2O2/c1-7(2)14-10(13)12-9-6-11-5-4-8(9)3/h4-7H,1-3H3,(H,12,13). The Hall–Kier alpha value is -1.58. The average Bonchev–Trinajstić information content (AvgIpc) is 2.07. The topological polar surface area (TPSA) is 51.2 Å². The van der Waals surface area contributed by atoms with E-state index in [-0.39, 0.29) is 6.10 Å². The van der Waals surface area contributed by atoms with Crippen LogP contribution in [-0.2, 0) is 4.74 Å². The quantitative estimate of drug-likeness (QED) is 0.786. The molecule has 0 radical (unpaired) electrons. The molecule has 1 heterocycles. The second-order valence-electron chi connectivity index (χ2n) is 3.27. The Kier molecular flexibility index (Phi) is 3.45. The highest BCUT2D eigenvalue weighted by atomic mass is 16.6. The fourth-order valence-corrected chi connectivity index (χ4v) is 0.948. The number of nitrogens with one attached hydrogen (secondary N) is 1. The molecule has 1 N–H and O–H groups in total. The molecule has 1 aromatic heterocycles. The van der Waals surface area contributed by atoms with Gasteiger partial charge in [-0.3, -0.25) is 10.3 Å². The summed E-state index contributed by atoms with van der Waals surface area (Å²) in [5.74, 6) is 0. The van der Waals surface area contributed by atoms with Gasteiger partial charge in [-0.1, -0.05) is 0 Å². The molecule has 0 fully saturated rings. The number of nitrogens with zero attached hydrogens (tertiary/aromatic N) is 1. The van der Waals surface area contributed by atoms with E-state index in [0.717, 1.165) is 5.56 Å². The first-order valence-electron chi connectivity index (χ1n) is 4.48. The number of aryl methyl sites for hydroxylation is 1. The summed E-state index contributed by atoms with van der Waals surface area (Å²) in [6.45, 7) is 5.50. The second kappa shape index (κ2) is 4.60. The highest BCUT2D eigenvalue weighted by Crippen LogP contribution is 2.11. The van der Waals surface area contributed by atoms with E-state index in [4.69, 9.17) is 4.74 Å². The van der Waals surface area contributed by atoms with E-state index in [2.05, 4.69) is 10.3 Å². The average molecular weight is 194 g/mol. The lowest BCUT2D eigenvalue weighted by atomic mass is 10.2. The van der Waals surface area contributed by atoms with Crippen molar-refractivity contribution in [2.75, 3.05) is 5.32 Å². The van der Waals surface area contributed by atoms with Crippen LogP contribution in [0.5, 0.6) is 0 Å². The van der Waals surface area contributed by atoms with Crippen LogP contribution in [0.1, 0.15) is 19.4 Å². The lowest BCUT2D eigenvalue weighted by Gasteiger charge is -2.10. The SMILES string of the molecule is Cc1ccncc1NC(=O)OC(C)C. The fraction of sp³-hybridized carbons (Fsp3) is 0.400. The van der Waals surface area contributed by atoms with Gasteiger partial charge in [-0.15, -0.1) is 0 Å². The molecular weight excluding hydrogens is 180 g/mol.